The van der Waals surface area contributed by atoms with Gasteiger partial charge in [0, 0.05) is 25.2 Å². The van der Waals surface area contributed by atoms with Crippen LogP contribution in [0.3, 0.4) is 0 Å². The number of rotatable bonds is 7. The molecule has 7 heteroatoms. The van der Waals surface area contributed by atoms with Crippen LogP contribution in [0.4, 0.5) is 0 Å². The van der Waals surface area contributed by atoms with Gasteiger partial charge in [-0.25, -0.2) is 4.98 Å². The molecule has 7 nitrogen and oxygen atoms in total. The van der Waals surface area contributed by atoms with E-state index in [1.807, 2.05) is 66.7 Å². The van der Waals surface area contributed by atoms with Gasteiger partial charge in [-0.05, 0) is 35.6 Å². The number of nitriles is 1. The van der Waals surface area contributed by atoms with Crippen molar-refractivity contribution >= 4 is 11.8 Å². The summed E-state index contributed by atoms with van der Waals surface area (Å²) in [6, 6.07) is 23.5. The Morgan fingerprint density at radius 3 is 2.26 bits per heavy atom. The van der Waals surface area contributed by atoms with Gasteiger partial charge in [0.05, 0.1) is 6.04 Å². The predicted molar refractivity (Wildman–Crippen MR) is 128 cm³/mol. The molecule has 2 atom stereocenters. The Bertz CT molecular complexity index is 1120. The lowest BCUT2D eigenvalue weighted by molar-refractivity contribution is -0.139. The number of pyridine rings is 1. The number of hydrogen-bond donors (Lipinski definition) is 2. The molecule has 1 aromatic heterocycles. The van der Waals surface area contributed by atoms with Gasteiger partial charge in [0.2, 0.25) is 11.8 Å². The maximum atomic E-state index is 13.6. The molecule has 0 bridgehead atoms. The molecule has 1 fully saturated rings. The third-order valence-electron chi connectivity index (χ3n) is 6.21. The quantitative estimate of drug-likeness (QED) is 0.571. The van der Waals surface area contributed by atoms with Gasteiger partial charge in [0.1, 0.15) is 17.8 Å². The van der Waals surface area contributed by atoms with Gasteiger partial charge >= 0.3 is 0 Å². The third-order valence-corrected chi connectivity index (χ3v) is 6.21. The van der Waals surface area contributed by atoms with Crippen molar-refractivity contribution in [1.82, 2.24) is 15.2 Å². The summed E-state index contributed by atoms with van der Waals surface area (Å²) in [4.78, 5) is 32.2. The number of carbonyl (C=O) groups is 2. The van der Waals surface area contributed by atoms with Gasteiger partial charge in [-0.1, -0.05) is 66.7 Å². The molecule has 2 heterocycles. The van der Waals surface area contributed by atoms with Crippen molar-refractivity contribution in [3.05, 3.63) is 101 Å². The Labute approximate surface area is 199 Å². The highest BCUT2D eigenvalue weighted by Crippen LogP contribution is 2.30. The van der Waals surface area contributed by atoms with Crippen LogP contribution in [-0.4, -0.2) is 40.3 Å². The summed E-state index contributed by atoms with van der Waals surface area (Å²) in [5.74, 6) is -0.752. The molecule has 2 amide bonds. The Morgan fingerprint density at radius 1 is 1.06 bits per heavy atom. The molecule has 0 radical (unpaired) electrons. The number of nitrogens with zero attached hydrogens (tertiary/aromatic N) is 3. The highest BCUT2D eigenvalue weighted by Gasteiger charge is 2.39. The first-order chi connectivity index (χ1) is 16.6. The average Bonchev–Trinajstić information content (AvgIpc) is 3.38. The van der Waals surface area contributed by atoms with E-state index in [9.17, 15) is 9.59 Å². The van der Waals surface area contributed by atoms with E-state index in [0.29, 0.717) is 18.7 Å². The standard InChI is InChI=1S/C27H27N5O2/c28-16-22-14-13-19(17-30-22)18-31-26(33)23-12-7-15-32(23)27(34)25(29)24(20-8-3-1-4-9-20)21-10-5-2-6-11-21/h1-6,8-11,13-14,17,23-25H,7,12,15,18,29H2,(H,31,33)/t23-,25+/m0/s1. The zero-order valence-corrected chi connectivity index (χ0v) is 18.8. The number of amides is 2. The Hall–Kier alpha value is -4.02. The SMILES string of the molecule is N#Cc1ccc(CNC(=O)[C@@H]2CCCN2C(=O)[C@H](N)C(c2ccccc2)c2ccccc2)cn1. The second-order valence-electron chi connectivity index (χ2n) is 8.40. The summed E-state index contributed by atoms with van der Waals surface area (Å²) < 4.78 is 0. The predicted octanol–water partition coefficient (Wildman–Crippen LogP) is 2.72. The average molecular weight is 454 g/mol. The first kappa shape index (κ1) is 23.1. The van der Waals surface area contributed by atoms with Crippen LogP contribution >= 0.6 is 0 Å². The molecule has 3 aromatic rings. The first-order valence-electron chi connectivity index (χ1n) is 11.4. The van der Waals surface area contributed by atoms with E-state index in [0.717, 1.165) is 23.1 Å². The van der Waals surface area contributed by atoms with Crippen LogP contribution in [-0.2, 0) is 16.1 Å². The number of hydrogen-bond acceptors (Lipinski definition) is 5. The van der Waals surface area contributed by atoms with Gasteiger partial charge in [-0.2, -0.15) is 5.26 Å². The van der Waals surface area contributed by atoms with E-state index in [1.165, 1.54) is 0 Å². The second-order valence-corrected chi connectivity index (χ2v) is 8.40. The summed E-state index contributed by atoms with van der Waals surface area (Å²) in [6.45, 7) is 0.776. The number of carbonyl (C=O) groups excluding carboxylic acids is 2. The first-order valence-corrected chi connectivity index (χ1v) is 11.4. The molecular formula is C27H27N5O2. The van der Waals surface area contributed by atoms with Crippen molar-refractivity contribution in [2.45, 2.75) is 37.4 Å². The molecule has 1 aliphatic heterocycles. The molecule has 0 aliphatic carbocycles. The van der Waals surface area contributed by atoms with Gasteiger partial charge in [-0.3, -0.25) is 9.59 Å². The van der Waals surface area contributed by atoms with Crippen molar-refractivity contribution in [2.75, 3.05) is 6.54 Å². The minimum atomic E-state index is -0.819. The van der Waals surface area contributed by atoms with Crippen LogP contribution in [0.5, 0.6) is 0 Å². The molecule has 1 aliphatic rings. The summed E-state index contributed by atoms with van der Waals surface area (Å²) >= 11 is 0. The normalized spacial score (nSPS) is 16.1. The highest BCUT2D eigenvalue weighted by atomic mass is 16.2. The van der Waals surface area contributed by atoms with E-state index in [-0.39, 0.29) is 24.3 Å². The molecule has 2 aromatic carbocycles. The number of likely N-dealkylation sites (tertiary alicyclic amines) is 1. The summed E-state index contributed by atoms with van der Waals surface area (Å²) in [7, 11) is 0. The molecule has 3 N–H and O–H groups in total. The Balaban J connectivity index is 1.48. The lowest BCUT2D eigenvalue weighted by atomic mass is 9.84. The Morgan fingerprint density at radius 2 is 1.71 bits per heavy atom. The molecule has 4 rings (SSSR count). The molecule has 34 heavy (non-hydrogen) atoms. The van der Waals surface area contributed by atoms with Gasteiger partial charge in [0.25, 0.3) is 0 Å². The second kappa shape index (κ2) is 10.7. The van der Waals surface area contributed by atoms with Crippen molar-refractivity contribution < 1.29 is 9.59 Å². The van der Waals surface area contributed by atoms with E-state index in [4.69, 9.17) is 11.0 Å². The van der Waals surface area contributed by atoms with Crippen LogP contribution in [0.1, 0.15) is 41.1 Å². The monoisotopic (exact) mass is 453 g/mol. The van der Waals surface area contributed by atoms with Crippen molar-refractivity contribution in [2.24, 2.45) is 5.73 Å². The smallest absolute Gasteiger partial charge is 0.243 e. The topological polar surface area (TPSA) is 112 Å². The molecular weight excluding hydrogens is 426 g/mol. The zero-order chi connectivity index (χ0) is 23.9. The maximum Gasteiger partial charge on any atom is 0.243 e. The van der Waals surface area contributed by atoms with Crippen molar-refractivity contribution in [1.29, 1.82) is 5.26 Å². The third kappa shape index (κ3) is 5.13. The summed E-state index contributed by atoms with van der Waals surface area (Å²) in [5.41, 5.74) is 9.63. The van der Waals surface area contributed by atoms with Crippen LogP contribution < -0.4 is 11.1 Å². The Kier molecular flexibility index (Phi) is 7.31. The van der Waals surface area contributed by atoms with Crippen LogP contribution in [0.2, 0.25) is 0 Å². The fraction of sp³-hybridized carbons (Fsp3) is 0.259. The minimum absolute atomic E-state index is 0.210. The van der Waals surface area contributed by atoms with Crippen LogP contribution in [0, 0.1) is 11.3 Å². The number of aromatic nitrogens is 1. The largest absolute Gasteiger partial charge is 0.350 e. The van der Waals surface area contributed by atoms with Gasteiger partial charge in [0.15, 0.2) is 0 Å². The zero-order valence-electron chi connectivity index (χ0n) is 18.8. The van der Waals surface area contributed by atoms with Gasteiger partial charge < -0.3 is 16.0 Å². The van der Waals surface area contributed by atoms with Crippen molar-refractivity contribution in [3.63, 3.8) is 0 Å². The lowest BCUT2D eigenvalue weighted by Crippen LogP contribution is -2.52. The summed E-state index contributed by atoms with van der Waals surface area (Å²) in [6.07, 6.45) is 2.91. The molecule has 172 valence electrons. The fourth-order valence-corrected chi connectivity index (χ4v) is 4.47. The lowest BCUT2D eigenvalue weighted by Gasteiger charge is -2.31. The van der Waals surface area contributed by atoms with E-state index in [2.05, 4.69) is 10.3 Å². The van der Waals surface area contributed by atoms with Crippen LogP contribution in [0.15, 0.2) is 79.0 Å². The van der Waals surface area contributed by atoms with Gasteiger partial charge in [-0.15, -0.1) is 0 Å². The summed E-state index contributed by atoms with van der Waals surface area (Å²) in [5, 5.41) is 11.8. The van der Waals surface area contributed by atoms with E-state index >= 15 is 0 Å². The fourth-order valence-electron chi connectivity index (χ4n) is 4.47. The molecule has 0 unspecified atom stereocenters. The number of benzene rings is 2. The molecule has 0 saturated carbocycles. The van der Waals surface area contributed by atoms with Crippen molar-refractivity contribution in [3.8, 4) is 6.07 Å². The van der Waals surface area contributed by atoms with Crippen LogP contribution in [0.25, 0.3) is 0 Å². The highest BCUT2D eigenvalue weighted by molar-refractivity contribution is 5.91. The molecule has 0 spiro atoms. The van der Waals surface area contributed by atoms with E-state index in [1.54, 1.807) is 23.2 Å². The number of nitrogens with one attached hydrogen (secondary N) is 1. The van der Waals surface area contributed by atoms with E-state index < -0.39 is 12.1 Å². The molecule has 1 saturated heterocycles. The maximum absolute atomic E-state index is 13.6. The minimum Gasteiger partial charge on any atom is -0.350 e. The number of nitrogens with two attached hydrogens (primary N) is 1.